The summed E-state index contributed by atoms with van der Waals surface area (Å²) in [6, 6.07) is 18.6. The second-order valence-electron chi connectivity index (χ2n) is 4.33. The zero-order valence-corrected chi connectivity index (χ0v) is 10.3. The minimum atomic E-state index is -0.214. The molecule has 0 spiro atoms. The second kappa shape index (κ2) is 5.02. The van der Waals surface area contributed by atoms with E-state index in [-0.39, 0.29) is 5.82 Å². The third kappa shape index (κ3) is 2.52. The van der Waals surface area contributed by atoms with Gasteiger partial charge in [0.1, 0.15) is 5.82 Å². The van der Waals surface area contributed by atoms with Gasteiger partial charge in [-0.05, 0) is 40.5 Å². The third-order valence-corrected chi connectivity index (χ3v) is 3.04. The van der Waals surface area contributed by atoms with Crippen LogP contribution >= 0.6 is 0 Å². The monoisotopic (exact) mass is 249 g/mol. The Morgan fingerprint density at radius 1 is 0.684 bits per heavy atom. The first-order valence-electron chi connectivity index (χ1n) is 6.09. The van der Waals surface area contributed by atoms with E-state index in [9.17, 15) is 4.39 Å². The number of pyridine rings is 1. The second-order valence-corrected chi connectivity index (χ2v) is 4.33. The molecule has 0 fully saturated rings. The molecule has 3 rings (SSSR count). The molecule has 1 aromatic heterocycles. The molecule has 0 aliphatic rings. The van der Waals surface area contributed by atoms with Gasteiger partial charge in [0.15, 0.2) is 0 Å². The highest BCUT2D eigenvalue weighted by Crippen LogP contribution is 2.24. The fraction of sp³-hybridized carbons (Fsp3) is 0. The number of rotatable bonds is 2. The number of nitrogens with zero attached hydrogens (tertiary/aromatic N) is 1. The van der Waals surface area contributed by atoms with E-state index >= 15 is 0 Å². The Hall–Kier alpha value is -2.48. The van der Waals surface area contributed by atoms with Crippen molar-refractivity contribution in [1.29, 1.82) is 0 Å². The highest BCUT2D eigenvalue weighted by molar-refractivity contribution is 5.69. The highest BCUT2D eigenvalue weighted by Gasteiger charge is 2.01. The zero-order chi connectivity index (χ0) is 13.1. The standard InChI is InChI=1S/C17H12FN/c18-17-5-1-3-15(11-17)13-6-8-14(9-7-13)16-4-2-10-19-12-16/h1-12H. The molecule has 0 N–H and O–H groups in total. The SMILES string of the molecule is Fc1cccc(-c2ccc(-c3cccnc3)cc2)c1. The molecule has 2 aromatic carbocycles. The van der Waals surface area contributed by atoms with Crippen LogP contribution in [0, 0.1) is 5.82 Å². The van der Waals surface area contributed by atoms with E-state index < -0.39 is 0 Å². The van der Waals surface area contributed by atoms with Crippen molar-refractivity contribution >= 4 is 0 Å². The fourth-order valence-corrected chi connectivity index (χ4v) is 2.06. The van der Waals surface area contributed by atoms with Crippen LogP contribution in [-0.4, -0.2) is 4.98 Å². The van der Waals surface area contributed by atoms with E-state index in [0.717, 1.165) is 22.3 Å². The third-order valence-electron chi connectivity index (χ3n) is 3.04. The van der Waals surface area contributed by atoms with Gasteiger partial charge in [-0.15, -0.1) is 0 Å². The van der Waals surface area contributed by atoms with Gasteiger partial charge in [-0.3, -0.25) is 4.98 Å². The van der Waals surface area contributed by atoms with Crippen molar-refractivity contribution in [3.05, 3.63) is 78.9 Å². The van der Waals surface area contributed by atoms with Crippen molar-refractivity contribution in [2.24, 2.45) is 0 Å². The van der Waals surface area contributed by atoms with Crippen molar-refractivity contribution in [2.75, 3.05) is 0 Å². The van der Waals surface area contributed by atoms with E-state index in [2.05, 4.69) is 4.98 Å². The Balaban J connectivity index is 1.95. The minimum Gasteiger partial charge on any atom is -0.264 e. The summed E-state index contributed by atoms with van der Waals surface area (Å²) in [4.78, 5) is 4.10. The topological polar surface area (TPSA) is 12.9 Å². The summed E-state index contributed by atoms with van der Waals surface area (Å²) in [6.45, 7) is 0. The van der Waals surface area contributed by atoms with Crippen LogP contribution < -0.4 is 0 Å². The molecule has 3 aromatic rings. The van der Waals surface area contributed by atoms with Gasteiger partial charge in [-0.25, -0.2) is 4.39 Å². The Morgan fingerprint density at radius 2 is 1.37 bits per heavy atom. The summed E-state index contributed by atoms with van der Waals surface area (Å²) in [5.74, 6) is -0.214. The van der Waals surface area contributed by atoms with E-state index in [1.54, 1.807) is 18.3 Å². The fourth-order valence-electron chi connectivity index (χ4n) is 2.06. The number of benzene rings is 2. The summed E-state index contributed by atoms with van der Waals surface area (Å²) in [5.41, 5.74) is 4.08. The van der Waals surface area contributed by atoms with Crippen LogP contribution in [0.5, 0.6) is 0 Å². The Kier molecular flexibility index (Phi) is 3.07. The van der Waals surface area contributed by atoms with Crippen molar-refractivity contribution in [3.63, 3.8) is 0 Å². The number of halogens is 1. The molecule has 0 radical (unpaired) electrons. The van der Waals surface area contributed by atoms with Crippen LogP contribution in [0.1, 0.15) is 0 Å². The van der Waals surface area contributed by atoms with Gasteiger partial charge in [0.25, 0.3) is 0 Å². The van der Waals surface area contributed by atoms with Crippen molar-refractivity contribution in [1.82, 2.24) is 4.98 Å². The highest BCUT2D eigenvalue weighted by atomic mass is 19.1. The largest absolute Gasteiger partial charge is 0.264 e. The van der Waals surface area contributed by atoms with Gasteiger partial charge < -0.3 is 0 Å². The predicted molar refractivity (Wildman–Crippen MR) is 75.1 cm³/mol. The van der Waals surface area contributed by atoms with Crippen LogP contribution in [0.3, 0.4) is 0 Å². The molecule has 0 atom stereocenters. The summed E-state index contributed by atoms with van der Waals surface area (Å²) in [7, 11) is 0. The Labute approximate surface area is 111 Å². The average molecular weight is 249 g/mol. The molecule has 0 aliphatic carbocycles. The van der Waals surface area contributed by atoms with Gasteiger partial charge >= 0.3 is 0 Å². The maximum absolute atomic E-state index is 13.2. The van der Waals surface area contributed by atoms with E-state index in [1.165, 1.54) is 6.07 Å². The van der Waals surface area contributed by atoms with Crippen LogP contribution in [0.25, 0.3) is 22.3 Å². The first kappa shape index (κ1) is 11.6. The average Bonchev–Trinajstić information content (AvgIpc) is 2.48. The molecule has 0 aliphatic heterocycles. The van der Waals surface area contributed by atoms with E-state index in [0.29, 0.717) is 0 Å². The smallest absolute Gasteiger partial charge is 0.123 e. The molecule has 0 bridgehead atoms. The Bertz CT molecular complexity index is 675. The summed E-state index contributed by atoms with van der Waals surface area (Å²) < 4.78 is 13.2. The van der Waals surface area contributed by atoms with Crippen molar-refractivity contribution in [2.45, 2.75) is 0 Å². The van der Waals surface area contributed by atoms with Gasteiger partial charge in [0.2, 0.25) is 0 Å². The number of hydrogen-bond acceptors (Lipinski definition) is 1. The van der Waals surface area contributed by atoms with Gasteiger partial charge in [0.05, 0.1) is 0 Å². The summed E-state index contributed by atoms with van der Waals surface area (Å²) in [5, 5.41) is 0. The minimum absolute atomic E-state index is 0.214. The molecule has 92 valence electrons. The van der Waals surface area contributed by atoms with Gasteiger partial charge in [0, 0.05) is 12.4 Å². The molecule has 0 saturated heterocycles. The molecule has 1 nitrogen and oxygen atoms in total. The zero-order valence-electron chi connectivity index (χ0n) is 10.3. The Morgan fingerprint density at radius 3 is 2.00 bits per heavy atom. The first-order chi connectivity index (χ1) is 9.33. The molecule has 0 unspecified atom stereocenters. The number of hydrogen-bond donors (Lipinski definition) is 0. The maximum Gasteiger partial charge on any atom is 0.123 e. The number of aromatic nitrogens is 1. The van der Waals surface area contributed by atoms with Crippen LogP contribution in [0.2, 0.25) is 0 Å². The lowest BCUT2D eigenvalue weighted by Crippen LogP contribution is -1.82. The summed E-state index contributed by atoms with van der Waals surface area (Å²) >= 11 is 0. The molecular formula is C17H12FN. The van der Waals surface area contributed by atoms with E-state index in [4.69, 9.17) is 0 Å². The van der Waals surface area contributed by atoms with Crippen LogP contribution in [-0.2, 0) is 0 Å². The molecule has 0 amide bonds. The lowest BCUT2D eigenvalue weighted by atomic mass is 10.0. The molecule has 2 heteroatoms. The first-order valence-corrected chi connectivity index (χ1v) is 6.09. The van der Waals surface area contributed by atoms with Crippen LogP contribution in [0.4, 0.5) is 4.39 Å². The van der Waals surface area contributed by atoms with Gasteiger partial charge in [-0.1, -0.05) is 42.5 Å². The summed E-state index contributed by atoms with van der Waals surface area (Å²) in [6.07, 6.45) is 3.59. The van der Waals surface area contributed by atoms with Gasteiger partial charge in [-0.2, -0.15) is 0 Å². The van der Waals surface area contributed by atoms with Crippen molar-refractivity contribution in [3.8, 4) is 22.3 Å². The molecular weight excluding hydrogens is 237 g/mol. The quantitative estimate of drug-likeness (QED) is 0.649. The van der Waals surface area contributed by atoms with Crippen LogP contribution in [0.15, 0.2) is 73.1 Å². The lowest BCUT2D eigenvalue weighted by Gasteiger charge is -2.04. The maximum atomic E-state index is 13.2. The van der Waals surface area contributed by atoms with E-state index in [1.807, 2.05) is 48.7 Å². The molecule has 19 heavy (non-hydrogen) atoms. The molecule has 1 heterocycles. The lowest BCUT2D eigenvalue weighted by molar-refractivity contribution is 0.628. The van der Waals surface area contributed by atoms with Crippen molar-refractivity contribution < 1.29 is 4.39 Å². The predicted octanol–water partition coefficient (Wildman–Crippen LogP) is 4.55. The normalized spacial score (nSPS) is 10.4. The molecule has 0 saturated carbocycles.